The van der Waals surface area contributed by atoms with Crippen LogP contribution in [0.2, 0.25) is 0 Å². The van der Waals surface area contributed by atoms with E-state index in [9.17, 15) is 0 Å². The predicted octanol–water partition coefficient (Wildman–Crippen LogP) is 6.43. The van der Waals surface area contributed by atoms with Crippen LogP contribution in [0.5, 0.6) is 0 Å². The highest BCUT2D eigenvalue weighted by Crippen LogP contribution is 2.41. The van der Waals surface area contributed by atoms with Crippen molar-refractivity contribution in [3.63, 3.8) is 0 Å². The minimum absolute atomic E-state index is 1.19. The summed E-state index contributed by atoms with van der Waals surface area (Å²) in [5.74, 6) is 0. The van der Waals surface area contributed by atoms with E-state index in [2.05, 4.69) is 92.5 Å². The summed E-state index contributed by atoms with van der Waals surface area (Å²) < 4.78 is 0. The number of hydrogen-bond donors (Lipinski definition) is 1. The van der Waals surface area contributed by atoms with E-state index < -0.39 is 0 Å². The summed E-state index contributed by atoms with van der Waals surface area (Å²) in [5.41, 5.74) is 10.2. The second-order valence-corrected chi connectivity index (χ2v) is 6.56. The quantitative estimate of drug-likeness (QED) is 0.439. The lowest BCUT2D eigenvalue weighted by Gasteiger charge is -2.13. The molecule has 118 valence electrons. The number of aromatic nitrogens is 1. The molecular weight excluding hydrogens is 290 g/mol. The summed E-state index contributed by atoms with van der Waals surface area (Å²) in [4.78, 5) is 3.65. The molecule has 0 bridgehead atoms. The molecule has 0 aliphatic carbocycles. The molecule has 1 N–H and O–H groups in total. The Hall–Kier alpha value is -2.80. The molecule has 0 saturated heterocycles. The highest BCUT2D eigenvalue weighted by Gasteiger charge is 2.18. The van der Waals surface area contributed by atoms with Crippen molar-refractivity contribution >= 4 is 10.9 Å². The van der Waals surface area contributed by atoms with Crippen molar-refractivity contribution in [3.05, 3.63) is 83.4 Å². The molecule has 1 aromatic heterocycles. The fourth-order valence-corrected chi connectivity index (χ4v) is 3.80. The molecule has 0 aliphatic heterocycles. The Labute approximate surface area is 143 Å². The lowest BCUT2D eigenvalue weighted by Crippen LogP contribution is -1.91. The first-order valence-corrected chi connectivity index (χ1v) is 8.39. The van der Waals surface area contributed by atoms with Gasteiger partial charge in [0.2, 0.25) is 0 Å². The third-order valence-corrected chi connectivity index (χ3v) is 4.70. The first-order valence-electron chi connectivity index (χ1n) is 8.39. The van der Waals surface area contributed by atoms with Gasteiger partial charge in [-0.2, -0.15) is 0 Å². The fourth-order valence-electron chi connectivity index (χ4n) is 3.80. The number of aryl methyl sites for hydroxylation is 3. The molecule has 0 fully saturated rings. The van der Waals surface area contributed by atoms with E-state index in [1.165, 1.54) is 50.0 Å². The van der Waals surface area contributed by atoms with Gasteiger partial charge in [0, 0.05) is 16.5 Å². The van der Waals surface area contributed by atoms with Crippen molar-refractivity contribution in [2.45, 2.75) is 20.8 Å². The summed E-state index contributed by atoms with van der Waals surface area (Å²) in [5, 5.41) is 1.28. The van der Waals surface area contributed by atoms with Crippen LogP contribution in [-0.2, 0) is 0 Å². The highest BCUT2D eigenvalue weighted by molar-refractivity contribution is 6.05. The van der Waals surface area contributed by atoms with E-state index in [1.54, 1.807) is 0 Å². The van der Waals surface area contributed by atoms with Crippen molar-refractivity contribution in [2.24, 2.45) is 0 Å². The Balaban J connectivity index is 2.12. The van der Waals surface area contributed by atoms with Gasteiger partial charge in [-0.05, 0) is 49.1 Å². The summed E-state index contributed by atoms with van der Waals surface area (Å²) in [6, 6.07) is 23.7. The summed E-state index contributed by atoms with van der Waals surface area (Å²) in [6.45, 7) is 6.59. The maximum atomic E-state index is 3.65. The number of fused-ring (bicyclic) bond motifs is 1. The largest absolute Gasteiger partial charge is 0.354 e. The Morgan fingerprint density at radius 2 is 1.29 bits per heavy atom. The van der Waals surface area contributed by atoms with E-state index in [1.807, 2.05) is 0 Å². The lowest BCUT2D eigenvalue weighted by molar-refractivity contribution is 1.32. The van der Waals surface area contributed by atoms with E-state index in [0.717, 1.165) is 0 Å². The third-order valence-electron chi connectivity index (χ3n) is 4.70. The number of rotatable bonds is 2. The molecule has 1 heteroatoms. The van der Waals surface area contributed by atoms with Crippen LogP contribution < -0.4 is 0 Å². The van der Waals surface area contributed by atoms with Gasteiger partial charge in [-0.25, -0.2) is 0 Å². The average Bonchev–Trinajstić information content (AvgIpc) is 2.94. The molecule has 0 atom stereocenters. The molecule has 0 amide bonds. The zero-order chi connectivity index (χ0) is 16.7. The van der Waals surface area contributed by atoms with Crippen LogP contribution >= 0.6 is 0 Å². The number of aromatic amines is 1. The van der Waals surface area contributed by atoms with Crippen LogP contribution in [0.15, 0.2) is 66.7 Å². The molecule has 0 unspecified atom stereocenters. The molecule has 0 radical (unpaired) electrons. The molecule has 4 rings (SSSR count). The first kappa shape index (κ1) is 14.8. The van der Waals surface area contributed by atoms with Gasteiger partial charge in [-0.1, -0.05) is 66.2 Å². The summed E-state index contributed by atoms with van der Waals surface area (Å²) in [7, 11) is 0. The predicted molar refractivity (Wildman–Crippen MR) is 103 cm³/mol. The topological polar surface area (TPSA) is 15.8 Å². The normalized spacial score (nSPS) is 11.1. The SMILES string of the molecule is Cc1cc(C)c(-c2c(-c3ccccc3)[nH]c3ccccc23)c(C)c1. The van der Waals surface area contributed by atoms with Gasteiger partial charge in [0.25, 0.3) is 0 Å². The number of benzene rings is 3. The third kappa shape index (κ3) is 2.33. The second kappa shape index (κ2) is 5.68. The fraction of sp³-hybridized carbons (Fsp3) is 0.130. The Morgan fingerprint density at radius 3 is 2.00 bits per heavy atom. The van der Waals surface area contributed by atoms with Crippen LogP contribution in [0, 0.1) is 20.8 Å². The average molecular weight is 311 g/mol. The monoisotopic (exact) mass is 311 g/mol. The van der Waals surface area contributed by atoms with Gasteiger partial charge in [0.05, 0.1) is 5.69 Å². The Morgan fingerprint density at radius 1 is 0.667 bits per heavy atom. The zero-order valence-corrected chi connectivity index (χ0v) is 14.4. The zero-order valence-electron chi connectivity index (χ0n) is 14.4. The van der Waals surface area contributed by atoms with Crippen molar-refractivity contribution in [2.75, 3.05) is 0 Å². The van der Waals surface area contributed by atoms with Gasteiger partial charge < -0.3 is 4.98 Å². The van der Waals surface area contributed by atoms with Gasteiger partial charge in [-0.15, -0.1) is 0 Å². The Bertz CT molecular complexity index is 1000. The minimum Gasteiger partial charge on any atom is -0.354 e. The molecule has 4 aromatic rings. The van der Waals surface area contributed by atoms with Gasteiger partial charge in [0.15, 0.2) is 0 Å². The minimum atomic E-state index is 1.19. The van der Waals surface area contributed by atoms with E-state index in [4.69, 9.17) is 0 Å². The van der Waals surface area contributed by atoms with Crippen LogP contribution in [0.3, 0.4) is 0 Å². The summed E-state index contributed by atoms with van der Waals surface area (Å²) >= 11 is 0. The number of nitrogens with one attached hydrogen (secondary N) is 1. The van der Waals surface area contributed by atoms with Crippen LogP contribution in [0.25, 0.3) is 33.3 Å². The molecular formula is C23H21N. The smallest absolute Gasteiger partial charge is 0.0544 e. The van der Waals surface area contributed by atoms with Crippen LogP contribution in [-0.4, -0.2) is 4.98 Å². The first-order chi connectivity index (χ1) is 11.6. The molecule has 3 aromatic carbocycles. The Kier molecular flexibility index (Phi) is 3.50. The van der Waals surface area contributed by atoms with Crippen molar-refractivity contribution in [1.29, 1.82) is 0 Å². The van der Waals surface area contributed by atoms with Gasteiger partial charge >= 0.3 is 0 Å². The van der Waals surface area contributed by atoms with Crippen LogP contribution in [0.1, 0.15) is 16.7 Å². The molecule has 0 saturated carbocycles. The number of H-pyrrole nitrogens is 1. The summed E-state index contributed by atoms with van der Waals surface area (Å²) in [6.07, 6.45) is 0. The van der Waals surface area contributed by atoms with E-state index in [-0.39, 0.29) is 0 Å². The maximum Gasteiger partial charge on any atom is 0.0544 e. The lowest BCUT2D eigenvalue weighted by atomic mass is 9.90. The molecule has 24 heavy (non-hydrogen) atoms. The van der Waals surface area contributed by atoms with Crippen molar-refractivity contribution in [1.82, 2.24) is 4.98 Å². The standard InChI is InChI=1S/C23H21N/c1-15-13-16(2)21(17(3)14-15)22-19-11-7-8-12-20(19)24-23(22)18-9-5-4-6-10-18/h4-14,24H,1-3H3. The molecule has 1 nitrogen and oxygen atoms in total. The van der Waals surface area contributed by atoms with Crippen molar-refractivity contribution in [3.8, 4) is 22.4 Å². The van der Waals surface area contributed by atoms with Crippen LogP contribution in [0.4, 0.5) is 0 Å². The molecule has 0 spiro atoms. The van der Waals surface area contributed by atoms with Crippen molar-refractivity contribution < 1.29 is 0 Å². The molecule has 0 aliphatic rings. The van der Waals surface area contributed by atoms with Gasteiger partial charge in [0.1, 0.15) is 0 Å². The second-order valence-electron chi connectivity index (χ2n) is 6.56. The maximum absolute atomic E-state index is 3.65. The van der Waals surface area contributed by atoms with E-state index in [0.29, 0.717) is 0 Å². The number of para-hydroxylation sites is 1. The highest BCUT2D eigenvalue weighted by atomic mass is 14.7. The molecule has 1 heterocycles. The van der Waals surface area contributed by atoms with Gasteiger partial charge in [-0.3, -0.25) is 0 Å². The number of hydrogen-bond acceptors (Lipinski definition) is 0. The van der Waals surface area contributed by atoms with E-state index >= 15 is 0 Å².